The number of nitrogens with one attached hydrogen (secondary N) is 1. The van der Waals surface area contributed by atoms with E-state index in [9.17, 15) is 9.90 Å². The largest absolute Gasteiger partial charge is 0.455 e. The Morgan fingerprint density at radius 3 is 2.62 bits per heavy atom. The lowest BCUT2D eigenvalue weighted by molar-refractivity contribution is -0.120. The van der Waals surface area contributed by atoms with Crippen molar-refractivity contribution in [1.82, 2.24) is 4.90 Å². The Morgan fingerprint density at radius 2 is 1.92 bits per heavy atom. The number of ether oxygens (including phenoxy) is 1. The molecular formula is C19H22N2O3. The fraction of sp³-hybridized carbons (Fsp3) is 0.316. The van der Waals surface area contributed by atoms with Gasteiger partial charge in [-0.05, 0) is 37.6 Å². The Bertz CT molecular complexity index is 690. The van der Waals surface area contributed by atoms with Crippen molar-refractivity contribution < 1.29 is 14.6 Å². The van der Waals surface area contributed by atoms with Gasteiger partial charge in [0.05, 0.1) is 17.8 Å². The van der Waals surface area contributed by atoms with Crippen molar-refractivity contribution in [2.75, 3.05) is 18.4 Å². The number of anilines is 1. The highest BCUT2D eigenvalue weighted by atomic mass is 16.5. The van der Waals surface area contributed by atoms with Gasteiger partial charge in [-0.15, -0.1) is 0 Å². The number of benzene rings is 2. The summed E-state index contributed by atoms with van der Waals surface area (Å²) in [6.45, 7) is 3.13. The molecule has 0 radical (unpaired) electrons. The summed E-state index contributed by atoms with van der Waals surface area (Å²) < 4.78 is 5.86. The molecule has 2 aromatic carbocycles. The summed E-state index contributed by atoms with van der Waals surface area (Å²) in [4.78, 5) is 14.5. The van der Waals surface area contributed by atoms with Gasteiger partial charge in [0.15, 0.2) is 5.75 Å². The number of hydrogen-bond donors (Lipinski definition) is 2. The third-order valence-electron chi connectivity index (χ3n) is 4.24. The van der Waals surface area contributed by atoms with E-state index < -0.39 is 0 Å². The highest BCUT2D eigenvalue weighted by Gasteiger charge is 2.28. The predicted molar refractivity (Wildman–Crippen MR) is 93.2 cm³/mol. The Balaban J connectivity index is 1.69. The van der Waals surface area contributed by atoms with Crippen LogP contribution in [0.2, 0.25) is 0 Å². The third-order valence-corrected chi connectivity index (χ3v) is 4.24. The summed E-state index contributed by atoms with van der Waals surface area (Å²) in [6.07, 6.45) is 0.375. The average Bonchev–Trinajstić information content (AvgIpc) is 3.03. The van der Waals surface area contributed by atoms with Gasteiger partial charge in [-0.2, -0.15) is 0 Å². The van der Waals surface area contributed by atoms with Crippen LogP contribution in [-0.2, 0) is 4.79 Å². The smallest absolute Gasteiger partial charge is 0.241 e. The SMILES string of the molecule is CC(C(=O)Nc1ccccc1Oc1ccccc1)N1CC[C@H](O)C1. The monoisotopic (exact) mass is 326 g/mol. The molecule has 0 aromatic heterocycles. The molecule has 0 saturated carbocycles. The number of β-amino-alcohol motifs (C(OH)–C–C–N with tert-alkyl or cyclic N) is 1. The number of likely N-dealkylation sites (tertiary alicyclic amines) is 1. The first-order valence-corrected chi connectivity index (χ1v) is 8.18. The van der Waals surface area contributed by atoms with Gasteiger partial charge >= 0.3 is 0 Å². The third kappa shape index (κ3) is 3.93. The fourth-order valence-corrected chi connectivity index (χ4v) is 2.80. The standard InChI is InChI=1S/C19H22N2O3/c1-14(21-12-11-15(22)13-21)19(23)20-17-9-5-6-10-18(17)24-16-7-3-2-4-8-16/h2-10,14-15,22H,11-13H2,1H3,(H,20,23)/t14?,15-/m0/s1. The molecule has 1 fully saturated rings. The number of carbonyl (C=O) groups excluding carboxylic acids is 1. The van der Waals surface area contributed by atoms with Gasteiger partial charge in [-0.25, -0.2) is 0 Å². The molecule has 5 nitrogen and oxygen atoms in total. The molecule has 5 heteroatoms. The van der Waals surface area contributed by atoms with Crippen LogP contribution >= 0.6 is 0 Å². The summed E-state index contributed by atoms with van der Waals surface area (Å²) >= 11 is 0. The molecule has 0 aliphatic carbocycles. The summed E-state index contributed by atoms with van der Waals surface area (Å²) in [6, 6.07) is 16.5. The summed E-state index contributed by atoms with van der Waals surface area (Å²) in [5, 5.41) is 12.6. The molecule has 1 aliphatic rings. The molecule has 1 unspecified atom stereocenters. The molecule has 0 bridgehead atoms. The summed E-state index contributed by atoms with van der Waals surface area (Å²) in [5.41, 5.74) is 0.637. The van der Waals surface area contributed by atoms with E-state index in [1.807, 2.05) is 66.4 Å². The van der Waals surface area contributed by atoms with Crippen molar-refractivity contribution in [3.63, 3.8) is 0 Å². The first-order chi connectivity index (χ1) is 11.6. The Morgan fingerprint density at radius 1 is 1.21 bits per heavy atom. The summed E-state index contributed by atoms with van der Waals surface area (Å²) in [5.74, 6) is 1.22. The van der Waals surface area contributed by atoms with Crippen molar-refractivity contribution in [2.45, 2.75) is 25.5 Å². The fourth-order valence-electron chi connectivity index (χ4n) is 2.80. The number of nitrogens with zero attached hydrogens (tertiary/aromatic N) is 1. The van der Waals surface area contributed by atoms with Gasteiger partial charge in [0.2, 0.25) is 5.91 Å². The summed E-state index contributed by atoms with van der Waals surface area (Å²) in [7, 11) is 0. The highest BCUT2D eigenvalue weighted by molar-refractivity contribution is 5.95. The highest BCUT2D eigenvalue weighted by Crippen LogP contribution is 2.29. The molecule has 24 heavy (non-hydrogen) atoms. The first-order valence-electron chi connectivity index (χ1n) is 8.18. The van der Waals surface area contributed by atoms with Crippen molar-refractivity contribution >= 4 is 11.6 Å². The Hall–Kier alpha value is -2.37. The number of amides is 1. The minimum Gasteiger partial charge on any atom is -0.455 e. The lowest BCUT2D eigenvalue weighted by Gasteiger charge is -2.23. The zero-order chi connectivity index (χ0) is 16.9. The maximum absolute atomic E-state index is 12.5. The van der Waals surface area contributed by atoms with Crippen molar-refractivity contribution in [3.05, 3.63) is 54.6 Å². The van der Waals surface area contributed by atoms with Crippen LogP contribution in [0.4, 0.5) is 5.69 Å². The number of hydrogen-bond acceptors (Lipinski definition) is 4. The van der Waals surface area contributed by atoms with Gasteiger partial charge < -0.3 is 15.2 Å². The van der Waals surface area contributed by atoms with Gasteiger partial charge in [0, 0.05) is 13.1 Å². The number of aliphatic hydroxyl groups is 1. The number of para-hydroxylation sites is 3. The van der Waals surface area contributed by atoms with Crippen LogP contribution in [-0.4, -0.2) is 41.1 Å². The Kier molecular flexibility index (Phi) is 5.13. The van der Waals surface area contributed by atoms with Crippen molar-refractivity contribution in [2.24, 2.45) is 0 Å². The lowest BCUT2D eigenvalue weighted by atomic mass is 10.2. The first kappa shape index (κ1) is 16.5. The number of rotatable bonds is 5. The zero-order valence-electron chi connectivity index (χ0n) is 13.7. The Labute approximate surface area is 141 Å². The number of aliphatic hydroxyl groups excluding tert-OH is 1. The van der Waals surface area contributed by atoms with E-state index >= 15 is 0 Å². The predicted octanol–water partition coefficient (Wildman–Crippen LogP) is 2.87. The molecule has 2 aromatic rings. The average molecular weight is 326 g/mol. The van der Waals surface area contributed by atoms with Crippen LogP contribution in [0.5, 0.6) is 11.5 Å². The van der Waals surface area contributed by atoms with E-state index in [-0.39, 0.29) is 18.1 Å². The minimum atomic E-state index is -0.339. The van der Waals surface area contributed by atoms with Crippen LogP contribution in [0.1, 0.15) is 13.3 Å². The van der Waals surface area contributed by atoms with E-state index in [0.29, 0.717) is 24.4 Å². The van der Waals surface area contributed by atoms with Gasteiger partial charge in [0.25, 0.3) is 0 Å². The zero-order valence-corrected chi connectivity index (χ0v) is 13.7. The van der Waals surface area contributed by atoms with Crippen LogP contribution in [0.15, 0.2) is 54.6 Å². The topological polar surface area (TPSA) is 61.8 Å². The van der Waals surface area contributed by atoms with Gasteiger partial charge in [0.1, 0.15) is 5.75 Å². The second-order valence-corrected chi connectivity index (χ2v) is 6.01. The minimum absolute atomic E-state index is 0.104. The maximum atomic E-state index is 12.5. The number of carbonyl (C=O) groups is 1. The second-order valence-electron chi connectivity index (χ2n) is 6.01. The molecule has 0 spiro atoms. The van der Waals surface area contributed by atoms with E-state index in [1.165, 1.54) is 0 Å². The molecule has 1 saturated heterocycles. The van der Waals surface area contributed by atoms with E-state index in [1.54, 1.807) is 0 Å². The molecule has 3 rings (SSSR count). The van der Waals surface area contributed by atoms with Gasteiger partial charge in [-0.1, -0.05) is 30.3 Å². The molecule has 2 atom stereocenters. The molecule has 2 N–H and O–H groups in total. The molecular weight excluding hydrogens is 304 g/mol. The van der Waals surface area contributed by atoms with Crippen molar-refractivity contribution in [3.8, 4) is 11.5 Å². The quantitative estimate of drug-likeness (QED) is 0.887. The molecule has 1 heterocycles. The van der Waals surface area contributed by atoms with Crippen LogP contribution < -0.4 is 10.1 Å². The van der Waals surface area contributed by atoms with E-state index in [2.05, 4.69) is 5.32 Å². The second kappa shape index (κ2) is 7.47. The van der Waals surface area contributed by atoms with Crippen LogP contribution in [0.3, 0.4) is 0 Å². The molecule has 1 amide bonds. The van der Waals surface area contributed by atoms with Crippen LogP contribution in [0.25, 0.3) is 0 Å². The van der Waals surface area contributed by atoms with E-state index in [4.69, 9.17) is 4.74 Å². The van der Waals surface area contributed by atoms with Gasteiger partial charge in [-0.3, -0.25) is 9.69 Å². The lowest BCUT2D eigenvalue weighted by Crippen LogP contribution is -2.41. The molecule has 126 valence electrons. The van der Waals surface area contributed by atoms with Crippen LogP contribution in [0, 0.1) is 0 Å². The normalized spacial score (nSPS) is 19.0. The van der Waals surface area contributed by atoms with Crippen molar-refractivity contribution in [1.29, 1.82) is 0 Å². The molecule has 1 aliphatic heterocycles. The van der Waals surface area contributed by atoms with E-state index in [0.717, 1.165) is 12.3 Å². The maximum Gasteiger partial charge on any atom is 0.241 e.